The molecule has 7 heteroatoms. The van der Waals surface area contributed by atoms with Gasteiger partial charge in [0.05, 0.1) is 5.56 Å². The number of aryl methyl sites for hydroxylation is 1. The predicted octanol–water partition coefficient (Wildman–Crippen LogP) is 5.46. The Morgan fingerprint density at radius 1 is 0.935 bits per heavy atom. The van der Waals surface area contributed by atoms with Gasteiger partial charge >= 0.3 is 0 Å². The van der Waals surface area contributed by atoms with Crippen molar-refractivity contribution in [1.82, 2.24) is 24.3 Å². The summed E-state index contributed by atoms with van der Waals surface area (Å²) in [6, 6.07) is 18.1. The van der Waals surface area contributed by atoms with Crippen molar-refractivity contribution >= 4 is 11.6 Å². The lowest BCUT2D eigenvalue weighted by Crippen LogP contribution is -2.00. The lowest BCUT2D eigenvalue weighted by molar-refractivity contribution is 0.432. The van der Waals surface area contributed by atoms with Crippen LogP contribution >= 0.6 is 11.6 Å². The first kappa shape index (κ1) is 19.3. The minimum Gasteiger partial charge on any atom is -0.350 e. The fourth-order valence-corrected chi connectivity index (χ4v) is 3.61. The Balaban J connectivity index is 1.33. The molecule has 0 aliphatic heterocycles. The zero-order valence-electron chi connectivity index (χ0n) is 16.9. The van der Waals surface area contributed by atoms with Crippen LogP contribution < -0.4 is 0 Å². The SMILES string of the molecule is Cc1cc(-c2nc(-c3ccc(Cn4cccc4)cc3)no2)cn1Cc1ccc(Cl)nc1. The molecule has 0 atom stereocenters. The van der Waals surface area contributed by atoms with Crippen molar-refractivity contribution in [3.63, 3.8) is 0 Å². The number of hydrogen-bond acceptors (Lipinski definition) is 4. The van der Waals surface area contributed by atoms with Crippen LogP contribution in [0.25, 0.3) is 22.8 Å². The van der Waals surface area contributed by atoms with Crippen LogP contribution in [0.1, 0.15) is 16.8 Å². The van der Waals surface area contributed by atoms with Gasteiger partial charge in [-0.05, 0) is 42.3 Å². The number of hydrogen-bond donors (Lipinski definition) is 0. The van der Waals surface area contributed by atoms with Crippen molar-refractivity contribution < 1.29 is 4.52 Å². The van der Waals surface area contributed by atoms with Gasteiger partial charge in [-0.25, -0.2) is 4.98 Å². The van der Waals surface area contributed by atoms with Crippen LogP contribution in [-0.4, -0.2) is 24.3 Å². The molecule has 0 spiro atoms. The normalized spacial score (nSPS) is 11.2. The average molecular weight is 430 g/mol. The van der Waals surface area contributed by atoms with Crippen molar-refractivity contribution in [1.29, 1.82) is 0 Å². The van der Waals surface area contributed by atoms with E-state index in [1.54, 1.807) is 12.3 Å². The number of pyridine rings is 1. The first-order chi connectivity index (χ1) is 15.1. The second-order valence-corrected chi connectivity index (χ2v) is 7.85. The summed E-state index contributed by atoms with van der Waals surface area (Å²) in [7, 11) is 0. The average Bonchev–Trinajstić information content (AvgIpc) is 3.53. The Labute approximate surface area is 184 Å². The van der Waals surface area contributed by atoms with E-state index in [-0.39, 0.29) is 0 Å². The molecule has 0 radical (unpaired) electrons. The fraction of sp³-hybridized carbons (Fsp3) is 0.125. The number of nitrogens with zero attached hydrogens (tertiary/aromatic N) is 5. The van der Waals surface area contributed by atoms with Gasteiger partial charge in [0.2, 0.25) is 5.82 Å². The first-order valence-electron chi connectivity index (χ1n) is 9.95. The molecule has 0 saturated carbocycles. The Morgan fingerprint density at radius 2 is 1.71 bits per heavy atom. The topological polar surface area (TPSA) is 61.7 Å². The Kier molecular flexibility index (Phi) is 5.14. The second kappa shape index (κ2) is 8.24. The molecule has 4 heterocycles. The smallest absolute Gasteiger partial charge is 0.259 e. The van der Waals surface area contributed by atoms with E-state index in [0.29, 0.717) is 23.4 Å². The Morgan fingerprint density at radius 3 is 2.45 bits per heavy atom. The van der Waals surface area contributed by atoms with Crippen molar-refractivity contribution in [2.24, 2.45) is 0 Å². The van der Waals surface area contributed by atoms with Gasteiger partial charge in [0.1, 0.15) is 5.15 Å². The maximum atomic E-state index is 5.88. The van der Waals surface area contributed by atoms with Gasteiger partial charge < -0.3 is 13.7 Å². The molecule has 0 bridgehead atoms. The standard InChI is InChI=1S/C24H20ClN5O/c1-17-12-21(16-30(17)15-19-6-9-22(25)26-13-19)24-27-23(28-31-24)20-7-4-18(5-8-20)14-29-10-2-3-11-29/h2-13,16H,14-15H2,1H3. The van der Waals surface area contributed by atoms with Crippen LogP contribution in [-0.2, 0) is 13.1 Å². The zero-order valence-corrected chi connectivity index (χ0v) is 17.7. The molecule has 0 N–H and O–H groups in total. The van der Waals surface area contributed by atoms with E-state index >= 15 is 0 Å². The van der Waals surface area contributed by atoms with Crippen LogP contribution in [0.2, 0.25) is 5.15 Å². The predicted molar refractivity (Wildman–Crippen MR) is 120 cm³/mol. The van der Waals surface area contributed by atoms with Gasteiger partial charge in [-0.1, -0.05) is 47.1 Å². The molecule has 5 rings (SSSR count). The van der Waals surface area contributed by atoms with E-state index < -0.39 is 0 Å². The van der Waals surface area contributed by atoms with Crippen molar-refractivity contribution in [2.75, 3.05) is 0 Å². The second-order valence-electron chi connectivity index (χ2n) is 7.46. The molecule has 6 nitrogen and oxygen atoms in total. The van der Waals surface area contributed by atoms with E-state index in [1.165, 1.54) is 5.56 Å². The van der Waals surface area contributed by atoms with Gasteiger partial charge in [-0.3, -0.25) is 0 Å². The van der Waals surface area contributed by atoms with Crippen LogP contribution in [0.4, 0.5) is 0 Å². The summed E-state index contributed by atoms with van der Waals surface area (Å²) in [5, 5.41) is 4.67. The monoisotopic (exact) mass is 429 g/mol. The Hall–Kier alpha value is -3.64. The minimum absolute atomic E-state index is 0.491. The van der Waals surface area contributed by atoms with E-state index in [4.69, 9.17) is 16.1 Å². The third-order valence-electron chi connectivity index (χ3n) is 5.17. The zero-order chi connectivity index (χ0) is 21.2. The molecule has 1 aromatic carbocycles. The van der Waals surface area contributed by atoms with Crippen LogP contribution in [0.15, 0.2) is 83.9 Å². The highest BCUT2D eigenvalue weighted by Crippen LogP contribution is 2.25. The highest BCUT2D eigenvalue weighted by molar-refractivity contribution is 6.29. The molecule has 0 fully saturated rings. The molecule has 5 aromatic rings. The van der Waals surface area contributed by atoms with Crippen LogP contribution in [0.5, 0.6) is 0 Å². The summed E-state index contributed by atoms with van der Waals surface area (Å²) >= 11 is 5.88. The van der Waals surface area contributed by atoms with Gasteiger partial charge in [0, 0.05) is 49.1 Å². The number of benzene rings is 1. The van der Waals surface area contributed by atoms with E-state index in [1.807, 2.05) is 49.5 Å². The van der Waals surface area contributed by atoms with E-state index in [9.17, 15) is 0 Å². The van der Waals surface area contributed by atoms with Crippen LogP contribution in [0.3, 0.4) is 0 Å². The molecule has 0 unspecified atom stereocenters. The number of rotatable bonds is 6. The highest BCUT2D eigenvalue weighted by Gasteiger charge is 2.14. The summed E-state index contributed by atoms with van der Waals surface area (Å²) < 4.78 is 9.81. The van der Waals surface area contributed by atoms with E-state index in [2.05, 4.69) is 48.8 Å². The molecular weight excluding hydrogens is 410 g/mol. The maximum Gasteiger partial charge on any atom is 0.259 e. The third kappa shape index (κ3) is 4.29. The van der Waals surface area contributed by atoms with Crippen molar-refractivity contribution in [3.8, 4) is 22.8 Å². The van der Waals surface area contributed by atoms with Gasteiger partial charge in [-0.2, -0.15) is 4.98 Å². The summed E-state index contributed by atoms with van der Waals surface area (Å²) in [6.45, 7) is 3.58. The summed E-state index contributed by atoms with van der Waals surface area (Å²) in [6.07, 6.45) is 7.90. The van der Waals surface area contributed by atoms with Crippen LogP contribution in [0, 0.1) is 6.92 Å². The van der Waals surface area contributed by atoms with Crippen molar-refractivity contribution in [3.05, 3.63) is 101 Å². The largest absolute Gasteiger partial charge is 0.350 e. The fourth-order valence-electron chi connectivity index (χ4n) is 3.50. The van der Waals surface area contributed by atoms with Gasteiger partial charge in [0.15, 0.2) is 0 Å². The first-order valence-corrected chi connectivity index (χ1v) is 10.3. The lowest BCUT2D eigenvalue weighted by atomic mass is 10.1. The third-order valence-corrected chi connectivity index (χ3v) is 5.39. The lowest BCUT2D eigenvalue weighted by Gasteiger charge is -2.05. The quantitative estimate of drug-likeness (QED) is 0.336. The van der Waals surface area contributed by atoms with Gasteiger partial charge in [0.25, 0.3) is 5.89 Å². The number of halogens is 1. The molecule has 4 aromatic heterocycles. The summed E-state index contributed by atoms with van der Waals surface area (Å²) in [4.78, 5) is 8.75. The summed E-state index contributed by atoms with van der Waals surface area (Å²) in [5.41, 5.74) is 5.20. The maximum absolute atomic E-state index is 5.88. The molecule has 154 valence electrons. The molecule has 0 amide bonds. The Bertz CT molecular complexity index is 1290. The van der Waals surface area contributed by atoms with Crippen molar-refractivity contribution in [2.45, 2.75) is 20.0 Å². The van der Waals surface area contributed by atoms with E-state index in [0.717, 1.165) is 28.9 Å². The molecule has 31 heavy (non-hydrogen) atoms. The van der Waals surface area contributed by atoms with Gasteiger partial charge in [-0.15, -0.1) is 0 Å². The molecule has 0 saturated heterocycles. The molecule has 0 aliphatic carbocycles. The number of aromatic nitrogens is 5. The summed E-state index contributed by atoms with van der Waals surface area (Å²) in [5.74, 6) is 1.08. The minimum atomic E-state index is 0.491. The highest BCUT2D eigenvalue weighted by atomic mass is 35.5. The molecule has 0 aliphatic rings. The molecular formula is C24H20ClN5O.